The predicted molar refractivity (Wildman–Crippen MR) is 128 cm³/mol. The third-order valence-electron chi connectivity index (χ3n) is 5.19. The molecule has 0 aliphatic carbocycles. The van der Waals surface area contributed by atoms with E-state index < -0.39 is 28.1 Å². The lowest BCUT2D eigenvalue weighted by Crippen LogP contribution is -2.30. The van der Waals surface area contributed by atoms with Gasteiger partial charge in [-0.15, -0.1) is 0 Å². The average molecular weight is 493 g/mol. The first-order valence-electron chi connectivity index (χ1n) is 10.3. The van der Waals surface area contributed by atoms with Crippen molar-refractivity contribution in [3.63, 3.8) is 0 Å². The van der Waals surface area contributed by atoms with E-state index in [2.05, 4.69) is 5.32 Å². The fourth-order valence-corrected chi connectivity index (χ4v) is 3.57. The van der Waals surface area contributed by atoms with Crippen LogP contribution in [0.15, 0.2) is 82.0 Å². The van der Waals surface area contributed by atoms with E-state index >= 15 is 0 Å². The van der Waals surface area contributed by atoms with Crippen LogP contribution < -0.4 is 15.7 Å². The summed E-state index contributed by atoms with van der Waals surface area (Å²) in [5.41, 5.74) is -0.901. The lowest BCUT2D eigenvalue weighted by molar-refractivity contribution is -0.385. The molecule has 1 heterocycles. The van der Waals surface area contributed by atoms with E-state index in [1.165, 1.54) is 36.4 Å². The molecule has 1 atom stereocenters. The summed E-state index contributed by atoms with van der Waals surface area (Å²) in [6.45, 7) is 1.79. The molecule has 0 saturated heterocycles. The molecule has 0 aliphatic rings. The van der Waals surface area contributed by atoms with Gasteiger partial charge in [-0.3, -0.25) is 14.9 Å². The topological polar surface area (TPSA) is 129 Å². The summed E-state index contributed by atoms with van der Waals surface area (Å²) in [5, 5.41) is 14.5. The molecule has 35 heavy (non-hydrogen) atoms. The monoisotopic (exact) mass is 492 g/mol. The van der Waals surface area contributed by atoms with Gasteiger partial charge in [0.2, 0.25) is 0 Å². The van der Waals surface area contributed by atoms with Crippen LogP contribution in [0.2, 0.25) is 5.02 Å². The van der Waals surface area contributed by atoms with Gasteiger partial charge in [-0.2, -0.15) is 0 Å². The molecule has 0 radical (unpaired) electrons. The van der Waals surface area contributed by atoms with E-state index in [4.69, 9.17) is 20.8 Å². The fraction of sp³-hybridized carbons (Fsp3) is 0.0800. The number of rotatable bonds is 6. The first-order chi connectivity index (χ1) is 16.7. The number of amides is 1. The number of hydrogen-bond donors (Lipinski definition) is 1. The van der Waals surface area contributed by atoms with Crippen LogP contribution in [0, 0.1) is 10.1 Å². The summed E-state index contributed by atoms with van der Waals surface area (Å²) in [4.78, 5) is 48.1. The number of fused-ring (bicyclic) bond motifs is 1. The average Bonchev–Trinajstić information content (AvgIpc) is 2.83. The SMILES string of the molecule is CC(NC(=O)c1cc2ccc(OC(=O)c3ccc(Cl)cc3[N+](=O)[O-])cc2oc1=O)c1ccccc1. The third kappa shape index (κ3) is 5.20. The van der Waals surface area contributed by atoms with Gasteiger partial charge < -0.3 is 14.5 Å². The minimum absolute atomic E-state index is 0.00945. The molecule has 176 valence electrons. The Kier molecular flexibility index (Phi) is 6.61. The van der Waals surface area contributed by atoms with Crippen molar-refractivity contribution < 1.29 is 23.7 Å². The zero-order chi connectivity index (χ0) is 25.1. The Labute approximate surface area is 203 Å². The molecule has 9 nitrogen and oxygen atoms in total. The van der Waals surface area contributed by atoms with E-state index in [-0.39, 0.29) is 33.5 Å². The highest BCUT2D eigenvalue weighted by Crippen LogP contribution is 2.26. The highest BCUT2D eigenvalue weighted by molar-refractivity contribution is 6.31. The van der Waals surface area contributed by atoms with Gasteiger partial charge in [0.05, 0.1) is 11.0 Å². The number of nitrogens with zero attached hydrogens (tertiary/aromatic N) is 1. The largest absolute Gasteiger partial charge is 0.423 e. The number of nitro groups is 1. The molecule has 1 N–H and O–H groups in total. The maximum Gasteiger partial charge on any atom is 0.350 e. The number of halogens is 1. The van der Waals surface area contributed by atoms with E-state index in [0.717, 1.165) is 11.6 Å². The van der Waals surface area contributed by atoms with Gasteiger partial charge in [-0.25, -0.2) is 9.59 Å². The minimum Gasteiger partial charge on any atom is -0.423 e. The number of nitrogens with one attached hydrogen (secondary N) is 1. The van der Waals surface area contributed by atoms with E-state index in [9.17, 15) is 24.5 Å². The number of carbonyl (C=O) groups excluding carboxylic acids is 2. The Hall–Kier alpha value is -4.50. The third-order valence-corrected chi connectivity index (χ3v) is 5.42. The molecule has 4 rings (SSSR count). The van der Waals surface area contributed by atoms with Crippen LogP contribution in [0.1, 0.15) is 39.2 Å². The second-order valence-electron chi connectivity index (χ2n) is 7.56. The van der Waals surface area contributed by atoms with Crippen molar-refractivity contribution in [1.29, 1.82) is 0 Å². The van der Waals surface area contributed by atoms with Crippen molar-refractivity contribution in [2.45, 2.75) is 13.0 Å². The lowest BCUT2D eigenvalue weighted by Gasteiger charge is -2.14. The van der Waals surface area contributed by atoms with Gasteiger partial charge in [-0.05, 0) is 42.8 Å². The quantitative estimate of drug-likeness (QED) is 0.131. The molecule has 0 saturated carbocycles. The van der Waals surface area contributed by atoms with Crippen LogP contribution in [0.4, 0.5) is 5.69 Å². The van der Waals surface area contributed by atoms with Crippen molar-refractivity contribution in [3.05, 3.63) is 115 Å². The predicted octanol–water partition coefficient (Wildman–Crippen LogP) is 5.06. The summed E-state index contributed by atoms with van der Waals surface area (Å²) in [5.74, 6) is -1.59. The Morgan fingerprint density at radius 1 is 1.03 bits per heavy atom. The Bertz CT molecular complexity index is 1520. The molecule has 0 aliphatic heterocycles. The number of carbonyl (C=O) groups is 2. The highest BCUT2D eigenvalue weighted by atomic mass is 35.5. The van der Waals surface area contributed by atoms with Crippen LogP contribution in [-0.2, 0) is 0 Å². The molecule has 1 amide bonds. The molecule has 1 aromatic heterocycles. The van der Waals surface area contributed by atoms with Crippen LogP contribution in [-0.4, -0.2) is 16.8 Å². The van der Waals surface area contributed by atoms with Crippen molar-refractivity contribution in [2.24, 2.45) is 0 Å². The van der Waals surface area contributed by atoms with Crippen LogP contribution in [0.3, 0.4) is 0 Å². The molecule has 10 heteroatoms. The molecule has 0 bridgehead atoms. The van der Waals surface area contributed by atoms with Gasteiger partial charge in [-0.1, -0.05) is 41.9 Å². The van der Waals surface area contributed by atoms with Crippen LogP contribution >= 0.6 is 11.6 Å². The van der Waals surface area contributed by atoms with Crippen molar-refractivity contribution >= 4 is 40.1 Å². The van der Waals surface area contributed by atoms with Gasteiger partial charge in [0.25, 0.3) is 11.6 Å². The summed E-state index contributed by atoms with van der Waals surface area (Å²) >= 11 is 5.77. The fourth-order valence-electron chi connectivity index (χ4n) is 3.40. The first-order valence-corrected chi connectivity index (χ1v) is 10.7. The maximum atomic E-state index is 12.7. The Balaban J connectivity index is 1.56. The van der Waals surface area contributed by atoms with Crippen molar-refractivity contribution in [1.82, 2.24) is 5.32 Å². The van der Waals surface area contributed by atoms with Gasteiger partial charge >= 0.3 is 11.6 Å². The zero-order valence-electron chi connectivity index (χ0n) is 18.2. The van der Waals surface area contributed by atoms with E-state index in [0.29, 0.717) is 5.39 Å². The van der Waals surface area contributed by atoms with Gasteiger partial charge in [0.1, 0.15) is 22.5 Å². The first kappa shape index (κ1) is 23.7. The Morgan fingerprint density at radius 2 is 1.77 bits per heavy atom. The standard InChI is InChI=1S/C25H17ClN2O7/c1-14(15-5-3-2-4-6-15)27-23(29)20-11-16-7-9-18(13-22(16)35-25(20)31)34-24(30)19-10-8-17(26)12-21(19)28(32)33/h2-14H,1H3,(H,27,29). The van der Waals surface area contributed by atoms with E-state index in [1.807, 2.05) is 30.3 Å². The number of hydrogen-bond acceptors (Lipinski definition) is 7. The van der Waals surface area contributed by atoms with Gasteiger partial charge in [0, 0.05) is 22.5 Å². The molecule has 4 aromatic rings. The number of esters is 1. The minimum atomic E-state index is -0.985. The highest BCUT2D eigenvalue weighted by Gasteiger charge is 2.23. The van der Waals surface area contributed by atoms with Crippen molar-refractivity contribution in [3.8, 4) is 5.75 Å². The molecular formula is C25H17ClN2O7. The number of nitro benzene ring substituents is 1. The lowest BCUT2D eigenvalue weighted by atomic mass is 10.1. The second kappa shape index (κ2) is 9.78. The number of benzene rings is 3. The number of ether oxygens (including phenoxy) is 1. The smallest absolute Gasteiger partial charge is 0.350 e. The van der Waals surface area contributed by atoms with Gasteiger partial charge in [0.15, 0.2) is 0 Å². The Morgan fingerprint density at radius 3 is 2.49 bits per heavy atom. The maximum absolute atomic E-state index is 12.7. The summed E-state index contributed by atoms with van der Waals surface area (Å²) in [6, 6.07) is 18.1. The van der Waals surface area contributed by atoms with Crippen LogP contribution in [0.25, 0.3) is 11.0 Å². The summed E-state index contributed by atoms with van der Waals surface area (Å²) < 4.78 is 10.5. The second-order valence-corrected chi connectivity index (χ2v) is 8.00. The normalized spacial score (nSPS) is 11.6. The zero-order valence-corrected chi connectivity index (χ0v) is 18.9. The summed E-state index contributed by atoms with van der Waals surface area (Å²) in [6.07, 6.45) is 0. The molecule has 1 unspecified atom stereocenters. The molecule has 0 fully saturated rings. The van der Waals surface area contributed by atoms with Crippen molar-refractivity contribution in [2.75, 3.05) is 0 Å². The van der Waals surface area contributed by atoms with Crippen LogP contribution in [0.5, 0.6) is 5.75 Å². The molecular weight excluding hydrogens is 476 g/mol. The molecule has 0 spiro atoms. The summed E-state index contributed by atoms with van der Waals surface area (Å²) in [7, 11) is 0. The molecule has 3 aromatic carbocycles. The van der Waals surface area contributed by atoms with E-state index in [1.54, 1.807) is 6.92 Å².